The molecule has 0 aliphatic heterocycles. The average molecular weight is 267 g/mol. The monoisotopic (exact) mass is 267 g/mol. The number of ether oxygens (including phenoxy) is 1. The molecule has 0 saturated heterocycles. The number of hydrogen-bond acceptors (Lipinski definition) is 4. The first-order valence-electron chi connectivity index (χ1n) is 7.17. The van der Waals surface area contributed by atoms with E-state index in [-0.39, 0.29) is 0 Å². The highest BCUT2D eigenvalue weighted by Crippen LogP contribution is 2.36. The van der Waals surface area contributed by atoms with Crippen LogP contribution in [-0.2, 0) is 11.3 Å². The van der Waals surface area contributed by atoms with Crippen LogP contribution >= 0.6 is 0 Å². The lowest BCUT2D eigenvalue weighted by atomic mass is 9.89. The summed E-state index contributed by atoms with van der Waals surface area (Å²) in [5.41, 5.74) is 0.425. The first-order chi connectivity index (χ1) is 9.18. The van der Waals surface area contributed by atoms with Gasteiger partial charge in [0, 0.05) is 13.1 Å². The highest BCUT2D eigenvalue weighted by Gasteiger charge is 2.28. The second kappa shape index (κ2) is 7.08. The molecule has 0 aromatic carbocycles. The standard InChI is InChI=1S/C15H25NO3/c1-15(6-2-3-7-15)12-16-9-13(17)10-18-11-14-5-4-8-19-14/h4-5,8,13,16-17H,2-3,6-7,9-12H2,1H3. The van der Waals surface area contributed by atoms with Gasteiger partial charge in [-0.25, -0.2) is 0 Å². The van der Waals surface area contributed by atoms with Gasteiger partial charge in [-0.2, -0.15) is 0 Å². The van der Waals surface area contributed by atoms with Crippen molar-refractivity contribution in [3.8, 4) is 0 Å². The molecule has 1 atom stereocenters. The van der Waals surface area contributed by atoms with Gasteiger partial charge < -0.3 is 19.6 Å². The van der Waals surface area contributed by atoms with Crippen LogP contribution < -0.4 is 5.32 Å². The van der Waals surface area contributed by atoms with Gasteiger partial charge >= 0.3 is 0 Å². The zero-order valence-electron chi connectivity index (χ0n) is 11.7. The summed E-state index contributed by atoms with van der Waals surface area (Å²) in [4.78, 5) is 0. The molecule has 1 fully saturated rings. The van der Waals surface area contributed by atoms with Crippen molar-refractivity contribution in [1.82, 2.24) is 5.32 Å². The molecule has 0 amide bonds. The quantitative estimate of drug-likeness (QED) is 0.759. The van der Waals surface area contributed by atoms with E-state index in [0.717, 1.165) is 12.3 Å². The molecule has 4 heteroatoms. The molecule has 0 spiro atoms. The number of hydrogen-bond donors (Lipinski definition) is 2. The molecule has 1 saturated carbocycles. The van der Waals surface area contributed by atoms with Crippen LogP contribution in [0.25, 0.3) is 0 Å². The zero-order valence-corrected chi connectivity index (χ0v) is 11.7. The van der Waals surface area contributed by atoms with Crippen LogP contribution in [0, 0.1) is 5.41 Å². The molecule has 1 heterocycles. The van der Waals surface area contributed by atoms with Gasteiger partial charge in [-0.05, 0) is 30.4 Å². The molecule has 1 unspecified atom stereocenters. The maximum absolute atomic E-state index is 9.82. The maximum atomic E-state index is 9.82. The second-order valence-electron chi connectivity index (χ2n) is 5.90. The Hall–Kier alpha value is -0.840. The third-order valence-corrected chi connectivity index (χ3v) is 3.88. The van der Waals surface area contributed by atoms with Crippen LogP contribution in [0.5, 0.6) is 0 Å². The molecule has 2 rings (SSSR count). The predicted octanol–water partition coefficient (Wildman–Crippen LogP) is 2.33. The van der Waals surface area contributed by atoms with E-state index in [4.69, 9.17) is 9.15 Å². The molecular formula is C15H25NO3. The Morgan fingerprint density at radius 1 is 1.47 bits per heavy atom. The van der Waals surface area contributed by atoms with Crippen molar-refractivity contribution < 1.29 is 14.3 Å². The Labute approximate surface area is 115 Å². The average Bonchev–Trinajstić information content (AvgIpc) is 3.01. The van der Waals surface area contributed by atoms with E-state index >= 15 is 0 Å². The van der Waals surface area contributed by atoms with Crippen LogP contribution in [-0.4, -0.2) is 30.9 Å². The number of aliphatic hydroxyl groups is 1. The second-order valence-corrected chi connectivity index (χ2v) is 5.90. The summed E-state index contributed by atoms with van der Waals surface area (Å²) in [6.07, 6.45) is 6.44. The summed E-state index contributed by atoms with van der Waals surface area (Å²) in [5.74, 6) is 0.790. The SMILES string of the molecule is CC1(CNCC(O)COCc2ccco2)CCCC1. The fourth-order valence-electron chi connectivity index (χ4n) is 2.70. The van der Waals surface area contributed by atoms with Crippen LogP contribution in [0.4, 0.5) is 0 Å². The Morgan fingerprint density at radius 3 is 2.95 bits per heavy atom. The Balaban J connectivity index is 1.53. The highest BCUT2D eigenvalue weighted by molar-refractivity contribution is 4.96. The molecule has 2 N–H and O–H groups in total. The van der Waals surface area contributed by atoms with Crippen LogP contribution in [0.3, 0.4) is 0 Å². The highest BCUT2D eigenvalue weighted by atomic mass is 16.5. The minimum atomic E-state index is -0.458. The largest absolute Gasteiger partial charge is 0.467 e. The first kappa shape index (κ1) is 14.6. The van der Waals surface area contributed by atoms with Crippen LogP contribution in [0.1, 0.15) is 38.4 Å². The summed E-state index contributed by atoms with van der Waals surface area (Å²) in [6.45, 7) is 4.66. The van der Waals surface area contributed by atoms with Gasteiger partial charge in [0.15, 0.2) is 0 Å². The van der Waals surface area contributed by atoms with Gasteiger partial charge in [0.05, 0.1) is 19.0 Å². The maximum Gasteiger partial charge on any atom is 0.129 e. The van der Waals surface area contributed by atoms with Gasteiger partial charge in [0.25, 0.3) is 0 Å². The molecule has 4 nitrogen and oxygen atoms in total. The van der Waals surface area contributed by atoms with Crippen molar-refractivity contribution in [2.75, 3.05) is 19.7 Å². The Bertz CT molecular complexity index is 344. The van der Waals surface area contributed by atoms with Crippen molar-refractivity contribution in [2.24, 2.45) is 5.41 Å². The number of nitrogens with one attached hydrogen (secondary N) is 1. The van der Waals surface area contributed by atoms with E-state index in [1.807, 2.05) is 12.1 Å². The van der Waals surface area contributed by atoms with E-state index in [9.17, 15) is 5.11 Å². The van der Waals surface area contributed by atoms with Crippen molar-refractivity contribution >= 4 is 0 Å². The summed E-state index contributed by atoms with van der Waals surface area (Å²) in [7, 11) is 0. The zero-order chi connectivity index (χ0) is 13.6. The van der Waals surface area contributed by atoms with E-state index in [2.05, 4.69) is 12.2 Å². The molecule has 1 aliphatic rings. The summed E-state index contributed by atoms with van der Waals surface area (Å²) < 4.78 is 10.6. The van der Waals surface area contributed by atoms with Crippen LogP contribution in [0.2, 0.25) is 0 Å². The lowest BCUT2D eigenvalue weighted by Gasteiger charge is -2.24. The Kier molecular flexibility index (Phi) is 5.43. The third-order valence-electron chi connectivity index (χ3n) is 3.88. The van der Waals surface area contributed by atoms with Crippen molar-refractivity contribution in [1.29, 1.82) is 0 Å². The summed E-state index contributed by atoms with van der Waals surface area (Å²) in [5, 5.41) is 13.2. The fourth-order valence-corrected chi connectivity index (χ4v) is 2.70. The Morgan fingerprint density at radius 2 is 2.26 bits per heavy atom. The lowest BCUT2D eigenvalue weighted by molar-refractivity contribution is 0.0217. The van der Waals surface area contributed by atoms with Gasteiger partial charge in [-0.15, -0.1) is 0 Å². The topological polar surface area (TPSA) is 54.6 Å². The van der Waals surface area contributed by atoms with Crippen molar-refractivity contribution in [2.45, 2.75) is 45.3 Å². The summed E-state index contributed by atoms with van der Waals surface area (Å²) in [6, 6.07) is 3.70. The van der Waals surface area contributed by atoms with E-state index in [0.29, 0.717) is 25.2 Å². The van der Waals surface area contributed by atoms with Gasteiger partial charge in [0.1, 0.15) is 12.4 Å². The van der Waals surface area contributed by atoms with E-state index in [1.54, 1.807) is 6.26 Å². The third kappa shape index (κ3) is 4.97. The molecule has 0 radical (unpaired) electrons. The number of furan rings is 1. The molecule has 1 aromatic heterocycles. The molecule has 0 bridgehead atoms. The predicted molar refractivity (Wildman–Crippen MR) is 73.8 cm³/mol. The van der Waals surface area contributed by atoms with Gasteiger partial charge in [-0.3, -0.25) is 0 Å². The minimum Gasteiger partial charge on any atom is -0.467 e. The van der Waals surface area contributed by atoms with E-state index in [1.165, 1.54) is 25.7 Å². The number of rotatable bonds is 8. The lowest BCUT2D eigenvalue weighted by Crippen LogP contribution is -2.36. The van der Waals surface area contributed by atoms with Gasteiger partial charge in [-0.1, -0.05) is 19.8 Å². The number of aliphatic hydroxyl groups excluding tert-OH is 1. The minimum absolute atomic E-state index is 0.338. The molecule has 1 aliphatic carbocycles. The molecular weight excluding hydrogens is 242 g/mol. The smallest absolute Gasteiger partial charge is 0.129 e. The summed E-state index contributed by atoms with van der Waals surface area (Å²) >= 11 is 0. The van der Waals surface area contributed by atoms with Crippen molar-refractivity contribution in [3.63, 3.8) is 0 Å². The molecule has 19 heavy (non-hydrogen) atoms. The van der Waals surface area contributed by atoms with Crippen LogP contribution in [0.15, 0.2) is 22.8 Å². The molecule has 108 valence electrons. The normalized spacial score (nSPS) is 19.7. The fraction of sp³-hybridized carbons (Fsp3) is 0.733. The first-order valence-corrected chi connectivity index (χ1v) is 7.17. The van der Waals surface area contributed by atoms with Crippen molar-refractivity contribution in [3.05, 3.63) is 24.2 Å². The van der Waals surface area contributed by atoms with Gasteiger partial charge in [0.2, 0.25) is 0 Å². The van der Waals surface area contributed by atoms with E-state index < -0.39 is 6.10 Å². The molecule has 1 aromatic rings.